The number of alkyl halides is 6. The number of oxime groups is 1. The van der Waals surface area contributed by atoms with Gasteiger partial charge in [-0.05, 0) is 41.8 Å². The third kappa shape index (κ3) is 9.29. The molecule has 4 aromatic rings. The van der Waals surface area contributed by atoms with Gasteiger partial charge in [-0.2, -0.15) is 26.3 Å². The molecule has 1 amide bonds. The Balaban J connectivity index is 1.22. The Kier molecular flexibility index (Phi) is 11.3. The monoisotopic (exact) mass is 715 g/mol. The molecule has 0 spiro atoms. The summed E-state index contributed by atoms with van der Waals surface area (Å²) in [6.45, 7) is 5.53. The van der Waals surface area contributed by atoms with Crippen LogP contribution in [-0.2, 0) is 28.3 Å². The number of benzene rings is 3. The number of amides is 1. The summed E-state index contributed by atoms with van der Waals surface area (Å²) >= 11 is 0. The van der Waals surface area contributed by atoms with Crippen LogP contribution in [0.1, 0.15) is 39.0 Å². The predicted molar refractivity (Wildman–Crippen MR) is 181 cm³/mol. The number of carbonyl (C=O) groups excluding carboxylic acids is 1. The molecule has 0 unspecified atom stereocenters. The molecule has 2 aliphatic rings. The summed E-state index contributed by atoms with van der Waals surface area (Å²) in [6.07, 6.45) is -7.46. The summed E-state index contributed by atoms with van der Waals surface area (Å²) in [4.78, 5) is 28.7. The number of aromatic nitrogens is 1. The van der Waals surface area contributed by atoms with Gasteiger partial charge >= 0.3 is 12.4 Å². The fraction of sp³-hybridized carbons (Fsp3) is 0.405. The molecule has 14 heteroatoms. The van der Waals surface area contributed by atoms with E-state index >= 15 is 0 Å². The Labute approximate surface area is 291 Å². The smallest absolute Gasteiger partial charge is 0.394 e. The molecule has 1 aromatic heterocycles. The maximum Gasteiger partial charge on any atom is 0.416 e. The number of fused-ring (bicyclic) bond motifs is 1. The molecular formula is C37H39F6N5O3. The summed E-state index contributed by atoms with van der Waals surface area (Å²) < 4.78 is 87.6. The van der Waals surface area contributed by atoms with Crippen LogP contribution in [0.2, 0.25) is 0 Å². The van der Waals surface area contributed by atoms with Crippen molar-refractivity contribution in [2.24, 2.45) is 5.16 Å². The lowest BCUT2D eigenvalue weighted by Gasteiger charge is -2.42. The number of morpholine rings is 1. The molecule has 6 rings (SSSR count). The SMILES string of the molecule is O=C(c1cc(C(F)(F)F)cc(C(F)(F)F)c1)N1CCN(CCC(=NOCCN2CCOCC2)c2ccccc2)C[C@H]1Cc1c[nH]c2ccccc12. The van der Waals surface area contributed by atoms with Crippen LogP contribution in [0.5, 0.6) is 0 Å². The van der Waals surface area contributed by atoms with Crippen LogP contribution in [0, 0.1) is 0 Å². The lowest BCUT2D eigenvalue weighted by molar-refractivity contribution is -0.143. The highest BCUT2D eigenvalue weighted by atomic mass is 19.4. The highest BCUT2D eigenvalue weighted by molar-refractivity contribution is 6.00. The van der Waals surface area contributed by atoms with Gasteiger partial charge in [0.25, 0.3) is 5.91 Å². The van der Waals surface area contributed by atoms with E-state index in [4.69, 9.17) is 9.57 Å². The van der Waals surface area contributed by atoms with Gasteiger partial charge in [0.1, 0.15) is 6.61 Å². The quantitative estimate of drug-likeness (QED) is 0.0809. The first kappa shape index (κ1) is 36.4. The van der Waals surface area contributed by atoms with Crippen molar-refractivity contribution in [3.05, 3.63) is 107 Å². The normalized spacial score (nSPS) is 18.4. The Morgan fingerprint density at radius 2 is 1.51 bits per heavy atom. The van der Waals surface area contributed by atoms with Crippen LogP contribution in [-0.4, -0.2) is 103 Å². The molecule has 3 heterocycles. The molecule has 0 saturated carbocycles. The van der Waals surface area contributed by atoms with Gasteiger partial charge in [0, 0.05) is 80.9 Å². The van der Waals surface area contributed by atoms with Crippen LogP contribution < -0.4 is 0 Å². The maximum atomic E-state index is 13.9. The number of piperazine rings is 1. The number of carbonyl (C=O) groups is 1. The van der Waals surface area contributed by atoms with Crippen LogP contribution in [0.4, 0.5) is 26.3 Å². The van der Waals surface area contributed by atoms with Crippen molar-refractivity contribution in [2.45, 2.75) is 31.2 Å². The summed E-state index contributed by atoms with van der Waals surface area (Å²) in [7, 11) is 0. The molecular weight excluding hydrogens is 676 g/mol. The molecule has 272 valence electrons. The third-order valence-electron chi connectivity index (χ3n) is 9.34. The van der Waals surface area contributed by atoms with Crippen LogP contribution in [0.25, 0.3) is 10.9 Å². The number of aromatic amines is 1. The Bertz CT molecular complexity index is 1770. The second kappa shape index (κ2) is 15.9. The van der Waals surface area contributed by atoms with Crippen molar-refractivity contribution < 1.29 is 40.7 Å². The zero-order valence-electron chi connectivity index (χ0n) is 27.8. The minimum Gasteiger partial charge on any atom is -0.394 e. The second-order valence-corrected chi connectivity index (χ2v) is 12.8. The molecule has 1 N–H and O–H groups in total. The highest BCUT2D eigenvalue weighted by Gasteiger charge is 2.39. The van der Waals surface area contributed by atoms with E-state index in [2.05, 4.69) is 19.9 Å². The number of hydrogen-bond acceptors (Lipinski definition) is 6. The first-order valence-corrected chi connectivity index (χ1v) is 16.9. The zero-order valence-corrected chi connectivity index (χ0v) is 27.8. The van der Waals surface area contributed by atoms with E-state index in [9.17, 15) is 31.1 Å². The van der Waals surface area contributed by atoms with Crippen molar-refractivity contribution >= 4 is 22.5 Å². The number of nitrogens with one attached hydrogen (secondary N) is 1. The molecule has 8 nitrogen and oxygen atoms in total. The first-order valence-electron chi connectivity index (χ1n) is 16.9. The number of hydrogen-bond donors (Lipinski definition) is 1. The molecule has 51 heavy (non-hydrogen) atoms. The molecule has 3 aromatic carbocycles. The van der Waals surface area contributed by atoms with Crippen molar-refractivity contribution in [3.8, 4) is 0 Å². The Morgan fingerprint density at radius 1 is 0.824 bits per heavy atom. The van der Waals surface area contributed by atoms with Gasteiger partial charge in [-0.15, -0.1) is 0 Å². The fourth-order valence-electron chi connectivity index (χ4n) is 6.62. The molecule has 2 saturated heterocycles. The minimum atomic E-state index is -5.07. The number of ether oxygens (including phenoxy) is 1. The van der Waals surface area contributed by atoms with Gasteiger partial charge in [-0.25, -0.2) is 0 Å². The average molecular weight is 716 g/mol. The standard InChI is InChI=1S/C37H39F6N5O3/c38-36(39,40)29-20-27(21-30(23-29)37(41,42)43)35(49)48-13-12-47(25-31(48)22-28-24-44-34-9-5-4-8-32(28)34)11-10-33(26-6-2-1-3-7-26)45-51-19-16-46-14-17-50-18-15-46/h1-9,20-21,23-24,31,44H,10-19,22,25H2/t31-/m1/s1. The van der Waals surface area contributed by atoms with E-state index in [1.54, 1.807) is 0 Å². The topological polar surface area (TPSA) is 73.4 Å². The number of H-pyrrole nitrogens is 1. The summed E-state index contributed by atoms with van der Waals surface area (Å²) in [5.41, 5.74) is -0.286. The van der Waals surface area contributed by atoms with Crippen molar-refractivity contribution in [1.29, 1.82) is 0 Å². The van der Waals surface area contributed by atoms with Crippen LogP contribution >= 0.6 is 0 Å². The van der Waals surface area contributed by atoms with Crippen LogP contribution in [0.15, 0.2) is 84.1 Å². The lowest BCUT2D eigenvalue weighted by atomic mass is 9.98. The van der Waals surface area contributed by atoms with E-state index in [0.717, 1.165) is 47.4 Å². The average Bonchev–Trinajstić information content (AvgIpc) is 3.53. The fourth-order valence-corrected chi connectivity index (χ4v) is 6.62. The lowest BCUT2D eigenvalue weighted by Crippen LogP contribution is -2.56. The largest absolute Gasteiger partial charge is 0.416 e. The van der Waals surface area contributed by atoms with Gasteiger partial charge in [0.15, 0.2) is 0 Å². The summed E-state index contributed by atoms with van der Waals surface area (Å²) in [5, 5.41) is 5.42. The number of para-hydroxylation sites is 1. The highest BCUT2D eigenvalue weighted by Crippen LogP contribution is 2.37. The van der Waals surface area contributed by atoms with E-state index < -0.39 is 41.0 Å². The number of nitrogens with zero attached hydrogens (tertiary/aromatic N) is 4. The minimum absolute atomic E-state index is 0.0381. The van der Waals surface area contributed by atoms with Gasteiger partial charge in [-0.1, -0.05) is 53.7 Å². The van der Waals surface area contributed by atoms with E-state index in [1.165, 1.54) is 4.90 Å². The molecule has 2 aliphatic heterocycles. The van der Waals surface area contributed by atoms with Crippen LogP contribution in [0.3, 0.4) is 0 Å². The first-order chi connectivity index (χ1) is 24.5. The van der Waals surface area contributed by atoms with Gasteiger partial charge < -0.3 is 19.5 Å². The zero-order chi connectivity index (χ0) is 36.0. The molecule has 0 aliphatic carbocycles. The van der Waals surface area contributed by atoms with E-state index in [0.29, 0.717) is 64.4 Å². The molecule has 0 bridgehead atoms. The van der Waals surface area contributed by atoms with E-state index in [-0.39, 0.29) is 12.6 Å². The van der Waals surface area contributed by atoms with Gasteiger partial charge in [0.2, 0.25) is 0 Å². The van der Waals surface area contributed by atoms with Gasteiger partial charge in [-0.3, -0.25) is 14.6 Å². The number of rotatable bonds is 11. The maximum absolute atomic E-state index is 13.9. The molecule has 0 radical (unpaired) electrons. The number of halogens is 6. The predicted octanol–water partition coefficient (Wildman–Crippen LogP) is 6.72. The molecule has 2 fully saturated rings. The van der Waals surface area contributed by atoms with Gasteiger partial charge in [0.05, 0.1) is 30.1 Å². The Hall–Kier alpha value is -4.40. The van der Waals surface area contributed by atoms with Crippen molar-refractivity contribution in [3.63, 3.8) is 0 Å². The Morgan fingerprint density at radius 3 is 2.22 bits per heavy atom. The summed E-state index contributed by atoms with van der Waals surface area (Å²) in [6, 6.07) is 17.7. The van der Waals surface area contributed by atoms with Crippen molar-refractivity contribution in [2.75, 3.05) is 65.6 Å². The van der Waals surface area contributed by atoms with E-state index in [1.807, 2.05) is 60.8 Å². The van der Waals surface area contributed by atoms with Crippen molar-refractivity contribution in [1.82, 2.24) is 19.7 Å². The third-order valence-corrected chi connectivity index (χ3v) is 9.34. The molecule has 1 atom stereocenters. The summed E-state index contributed by atoms with van der Waals surface area (Å²) in [5.74, 6) is -0.878. The second-order valence-electron chi connectivity index (χ2n) is 12.8.